The van der Waals surface area contributed by atoms with E-state index in [1.54, 1.807) is 26.2 Å². The van der Waals surface area contributed by atoms with E-state index in [1.165, 1.54) is 11.9 Å². The number of aldehydes is 1. The first-order chi connectivity index (χ1) is 14.9. The summed E-state index contributed by atoms with van der Waals surface area (Å²) in [5.74, 6) is -0.547. The molecule has 9 heteroatoms. The summed E-state index contributed by atoms with van der Waals surface area (Å²) in [6, 6.07) is 5.60. The highest BCUT2D eigenvalue weighted by Crippen LogP contribution is 2.26. The zero-order valence-electron chi connectivity index (χ0n) is 17.9. The molecule has 1 aliphatic rings. The third-order valence-electron chi connectivity index (χ3n) is 5.79. The predicted molar refractivity (Wildman–Crippen MR) is 115 cm³/mol. The topological polar surface area (TPSA) is 121 Å². The van der Waals surface area contributed by atoms with Gasteiger partial charge in [-0.25, -0.2) is 0 Å². The second-order valence-electron chi connectivity index (χ2n) is 7.70. The quantitative estimate of drug-likeness (QED) is 0.519. The van der Waals surface area contributed by atoms with Gasteiger partial charge in [0, 0.05) is 30.4 Å². The highest BCUT2D eigenvalue weighted by molar-refractivity contribution is 6.01. The highest BCUT2D eigenvalue weighted by Gasteiger charge is 2.32. The maximum absolute atomic E-state index is 13.0. The molecule has 3 atom stereocenters. The van der Waals surface area contributed by atoms with Crippen LogP contribution in [0.3, 0.4) is 0 Å². The number of H-pyrrole nitrogens is 1. The molecule has 3 amide bonds. The summed E-state index contributed by atoms with van der Waals surface area (Å²) in [6.07, 6.45) is 1.95. The van der Waals surface area contributed by atoms with Crippen LogP contribution in [0.15, 0.2) is 24.3 Å². The second kappa shape index (κ2) is 9.63. The normalized spacial score (nSPS) is 17.6. The Balaban J connectivity index is 1.70. The van der Waals surface area contributed by atoms with Gasteiger partial charge >= 0.3 is 0 Å². The van der Waals surface area contributed by atoms with Crippen molar-refractivity contribution in [2.45, 2.75) is 38.3 Å². The van der Waals surface area contributed by atoms with Crippen molar-refractivity contribution in [3.8, 4) is 5.75 Å². The van der Waals surface area contributed by atoms with E-state index in [1.807, 2.05) is 12.1 Å². The number of fused-ring (bicyclic) bond motifs is 1. The molecule has 3 rings (SSSR count). The minimum absolute atomic E-state index is 0.0951. The zero-order valence-corrected chi connectivity index (χ0v) is 17.9. The number of benzene rings is 1. The van der Waals surface area contributed by atoms with Gasteiger partial charge in [0.15, 0.2) is 0 Å². The maximum atomic E-state index is 13.0. The summed E-state index contributed by atoms with van der Waals surface area (Å²) in [4.78, 5) is 53.6. The molecular weight excluding hydrogens is 400 g/mol. The van der Waals surface area contributed by atoms with Crippen molar-refractivity contribution in [3.63, 3.8) is 0 Å². The van der Waals surface area contributed by atoms with Gasteiger partial charge in [-0.3, -0.25) is 14.4 Å². The molecule has 1 fully saturated rings. The average Bonchev–Trinajstić information content (AvgIpc) is 3.40. The number of methoxy groups -OCH3 is 1. The van der Waals surface area contributed by atoms with E-state index in [4.69, 9.17) is 4.74 Å². The van der Waals surface area contributed by atoms with Crippen LogP contribution in [0.25, 0.3) is 10.9 Å². The van der Waals surface area contributed by atoms with E-state index in [2.05, 4.69) is 15.6 Å². The molecule has 9 nitrogen and oxygen atoms in total. The Morgan fingerprint density at radius 3 is 2.77 bits per heavy atom. The fourth-order valence-electron chi connectivity index (χ4n) is 3.88. The average molecular weight is 428 g/mol. The van der Waals surface area contributed by atoms with Gasteiger partial charge in [0.05, 0.1) is 13.2 Å². The lowest BCUT2D eigenvalue weighted by atomic mass is 9.98. The number of nitrogens with zero attached hydrogens (tertiary/aromatic N) is 1. The number of aromatic amines is 1. The second-order valence-corrected chi connectivity index (χ2v) is 7.70. The number of hydrogen-bond acceptors (Lipinski definition) is 5. The number of ether oxygens (including phenoxy) is 1. The van der Waals surface area contributed by atoms with Crippen LogP contribution in [0.2, 0.25) is 0 Å². The molecule has 2 aromatic rings. The first-order valence-corrected chi connectivity index (χ1v) is 10.4. The van der Waals surface area contributed by atoms with E-state index < -0.39 is 18.0 Å². The van der Waals surface area contributed by atoms with E-state index in [-0.39, 0.29) is 24.2 Å². The van der Waals surface area contributed by atoms with Gasteiger partial charge < -0.3 is 30.0 Å². The fraction of sp³-hybridized carbons (Fsp3) is 0.455. The smallest absolute Gasteiger partial charge is 0.268 e. The Morgan fingerprint density at radius 2 is 2.16 bits per heavy atom. The molecule has 1 aliphatic heterocycles. The SMILES string of the molecule is CC[C@H](NC(=O)c1cc2c(OC)cccc2[nH]1)C(=O)N(C)[C@H](C=O)CC1CCNC1=O. The van der Waals surface area contributed by atoms with Crippen LogP contribution in [0.4, 0.5) is 0 Å². The summed E-state index contributed by atoms with van der Waals surface area (Å²) in [5.41, 5.74) is 1.06. The summed E-state index contributed by atoms with van der Waals surface area (Å²) in [6.45, 7) is 2.36. The monoisotopic (exact) mass is 428 g/mol. The number of amides is 3. The lowest BCUT2D eigenvalue weighted by Crippen LogP contribution is -2.51. The first kappa shape index (κ1) is 22.3. The number of likely N-dealkylation sites (N-methyl/N-ethyl adjacent to an activating group) is 1. The number of hydrogen-bond donors (Lipinski definition) is 3. The van der Waals surface area contributed by atoms with Crippen molar-refractivity contribution in [2.75, 3.05) is 20.7 Å². The van der Waals surface area contributed by atoms with Gasteiger partial charge in [0.1, 0.15) is 23.8 Å². The molecule has 0 radical (unpaired) electrons. The Kier molecular flexibility index (Phi) is 6.94. The minimum Gasteiger partial charge on any atom is -0.496 e. The predicted octanol–water partition coefficient (Wildman–Crippen LogP) is 1.24. The minimum atomic E-state index is -0.800. The molecule has 1 aromatic carbocycles. The molecule has 31 heavy (non-hydrogen) atoms. The van der Waals surface area contributed by atoms with E-state index in [0.717, 1.165) is 10.9 Å². The molecule has 1 saturated heterocycles. The van der Waals surface area contributed by atoms with Crippen molar-refractivity contribution < 1.29 is 23.9 Å². The van der Waals surface area contributed by atoms with E-state index in [0.29, 0.717) is 37.1 Å². The summed E-state index contributed by atoms with van der Waals surface area (Å²) >= 11 is 0. The van der Waals surface area contributed by atoms with Crippen LogP contribution in [-0.4, -0.2) is 66.7 Å². The Morgan fingerprint density at radius 1 is 1.39 bits per heavy atom. The van der Waals surface area contributed by atoms with Crippen molar-refractivity contribution in [3.05, 3.63) is 30.0 Å². The van der Waals surface area contributed by atoms with Crippen molar-refractivity contribution >= 4 is 34.9 Å². The molecule has 3 N–H and O–H groups in total. The molecule has 2 heterocycles. The molecule has 0 saturated carbocycles. The number of aromatic nitrogens is 1. The van der Waals surface area contributed by atoms with Crippen molar-refractivity contribution in [1.82, 2.24) is 20.5 Å². The molecular formula is C22H28N4O5. The largest absolute Gasteiger partial charge is 0.496 e. The highest BCUT2D eigenvalue weighted by atomic mass is 16.5. The number of carbonyl (C=O) groups is 4. The van der Waals surface area contributed by atoms with Gasteiger partial charge in [-0.15, -0.1) is 0 Å². The maximum Gasteiger partial charge on any atom is 0.268 e. The van der Waals surface area contributed by atoms with Gasteiger partial charge in [-0.2, -0.15) is 0 Å². The Bertz CT molecular complexity index is 985. The van der Waals surface area contributed by atoms with Crippen LogP contribution in [0.5, 0.6) is 5.75 Å². The lowest BCUT2D eigenvalue weighted by Gasteiger charge is -2.29. The molecule has 1 unspecified atom stereocenters. The van der Waals surface area contributed by atoms with Gasteiger partial charge in [0.25, 0.3) is 5.91 Å². The Hall–Kier alpha value is -3.36. The first-order valence-electron chi connectivity index (χ1n) is 10.4. The van der Waals surface area contributed by atoms with Gasteiger partial charge in [-0.05, 0) is 37.5 Å². The summed E-state index contributed by atoms with van der Waals surface area (Å²) in [7, 11) is 3.08. The van der Waals surface area contributed by atoms with Crippen molar-refractivity contribution in [2.24, 2.45) is 5.92 Å². The molecule has 1 aromatic heterocycles. The number of rotatable bonds is 9. The standard InChI is InChI=1S/C22H28N4O5/c1-4-16(22(30)26(2)14(12-27)10-13-8-9-23-20(13)28)25-21(29)18-11-15-17(24-18)6-5-7-19(15)31-3/h5-7,11-14,16,24H,4,8-10H2,1-3H3,(H,23,28)(H,25,29)/t13?,14-,16-/m0/s1. The van der Waals surface area contributed by atoms with Gasteiger partial charge in [0.2, 0.25) is 11.8 Å². The molecule has 0 bridgehead atoms. The number of nitrogens with one attached hydrogen (secondary N) is 3. The summed E-state index contributed by atoms with van der Waals surface area (Å²) in [5, 5.41) is 6.25. The summed E-state index contributed by atoms with van der Waals surface area (Å²) < 4.78 is 5.32. The van der Waals surface area contributed by atoms with Crippen LogP contribution in [0, 0.1) is 5.92 Å². The van der Waals surface area contributed by atoms with E-state index >= 15 is 0 Å². The van der Waals surface area contributed by atoms with Crippen LogP contribution in [0.1, 0.15) is 36.7 Å². The van der Waals surface area contributed by atoms with Crippen LogP contribution < -0.4 is 15.4 Å². The fourth-order valence-corrected chi connectivity index (χ4v) is 3.88. The molecule has 166 valence electrons. The zero-order chi connectivity index (χ0) is 22.5. The lowest BCUT2D eigenvalue weighted by molar-refractivity contribution is -0.137. The van der Waals surface area contributed by atoms with Crippen LogP contribution >= 0.6 is 0 Å². The van der Waals surface area contributed by atoms with Crippen LogP contribution in [-0.2, 0) is 14.4 Å². The number of carbonyl (C=O) groups excluding carboxylic acids is 4. The molecule has 0 spiro atoms. The van der Waals surface area contributed by atoms with E-state index in [9.17, 15) is 19.2 Å². The van der Waals surface area contributed by atoms with Gasteiger partial charge in [-0.1, -0.05) is 13.0 Å². The molecule has 0 aliphatic carbocycles. The third kappa shape index (κ3) is 4.70. The third-order valence-corrected chi connectivity index (χ3v) is 5.79. The van der Waals surface area contributed by atoms with Crippen molar-refractivity contribution in [1.29, 1.82) is 0 Å². The Labute approximate surface area is 180 Å².